The summed E-state index contributed by atoms with van der Waals surface area (Å²) in [5.41, 5.74) is 5.47. The van der Waals surface area contributed by atoms with Crippen LogP contribution in [0.5, 0.6) is 0 Å². The maximum Gasteiger partial charge on any atom is 0.338 e. The number of hydrogen-bond acceptors (Lipinski definition) is 6. The highest BCUT2D eigenvalue weighted by atomic mass is 35.5. The Bertz CT molecular complexity index is 1000. The van der Waals surface area contributed by atoms with Crippen LogP contribution in [-0.2, 0) is 7.05 Å². The van der Waals surface area contributed by atoms with Gasteiger partial charge in [0.2, 0.25) is 0 Å². The highest BCUT2D eigenvalue weighted by Gasteiger charge is 2.19. The quantitative estimate of drug-likeness (QED) is 0.527. The van der Waals surface area contributed by atoms with Gasteiger partial charge in [-0.2, -0.15) is 5.10 Å². The number of amides is 2. The number of carbonyl (C=O) groups excluding carboxylic acids is 1. The summed E-state index contributed by atoms with van der Waals surface area (Å²) in [6.07, 6.45) is 0. The molecule has 2 amide bonds. The number of thiophene rings is 1. The van der Waals surface area contributed by atoms with Crippen molar-refractivity contribution in [3.8, 4) is 0 Å². The zero-order valence-electron chi connectivity index (χ0n) is 16.2. The van der Waals surface area contributed by atoms with E-state index in [-0.39, 0.29) is 19.1 Å². The van der Waals surface area contributed by atoms with E-state index in [4.69, 9.17) is 11.6 Å². The molecule has 8 nitrogen and oxygen atoms in total. The predicted octanol–water partition coefficient (Wildman–Crippen LogP) is 3.65. The number of fused-ring (bicyclic) bond motifs is 1. The molecule has 3 N–H and O–H groups in total. The Kier molecular flexibility index (Phi) is 6.07. The SMILES string of the molecule is Cc1nn(C)c2nc(N(CCO)NC(=O)Nc3cc(Cl)cs3)cc(C(C)C)c12. The number of hydrazine groups is 1. The van der Waals surface area contributed by atoms with Gasteiger partial charge in [-0.25, -0.2) is 15.2 Å². The van der Waals surface area contributed by atoms with Crippen molar-refractivity contribution in [3.63, 3.8) is 0 Å². The van der Waals surface area contributed by atoms with Crippen LogP contribution in [0, 0.1) is 6.92 Å². The fourth-order valence-corrected chi connectivity index (χ4v) is 3.99. The van der Waals surface area contributed by atoms with Crippen molar-refractivity contribution in [2.24, 2.45) is 7.05 Å². The fourth-order valence-electron chi connectivity index (χ4n) is 3.03. The second-order valence-electron chi connectivity index (χ2n) is 6.70. The summed E-state index contributed by atoms with van der Waals surface area (Å²) >= 11 is 7.22. The summed E-state index contributed by atoms with van der Waals surface area (Å²) < 4.78 is 1.73. The lowest BCUT2D eigenvalue weighted by molar-refractivity contribution is 0.248. The number of aliphatic hydroxyl groups excluding tert-OH is 1. The van der Waals surface area contributed by atoms with E-state index >= 15 is 0 Å². The number of urea groups is 1. The number of pyridine rings is 1. The van der Waals surface area contributed by atoms with E-state index in [0.29, 0.717) is 15.8 Å². The normalized spacial score (nSPS) is 11.2. The molecule has 28 heavy (non-hydrogen) atoms. The van der Waals surface area contributed by atoms with Gasteiger partial charge in [0.1, 0.15) is 5.82 Å². The number of aromatic nitrogens is 3. The summed E-state index contributed by atoms with van der Waals surface area (Å²) in [5.74, 6) is 0.776. The lowest BCUT2D eigenvalue weighted by Gasteiger charge is -2.24. The number of nitrogens with zero attached hydrogens (tertiary/aromatic N) is 4. The van der Waals surface area contributed by atoms with Crippen molar-refractivity contribution in [2.45, 2.75) is 26.7 Å². The molecule has 0 saturated heterocycles. The number of halogens is 1. The second kappa shape index (κ2) is 8.34. The average molecular weight is 423 g/mol. The Balaban J connectivity index is 1.93. The zero-order valence-corrected chi connectivity index (χ0v) is 17.7. The third-order valence-corrected chi connectivity index (χ3v) is 5.44. The zero-order chi connectivity index (χ0) is 20.4. The van der Waals surface area contributed by atoms with Gasteiger partial charge in [-0.3, -0.25) is 15.0 Å². The Hall–Kier alpha value is -2.36. The number of hydrogen-bond donors (Lipinski definition) is 3. The number of aryl methyl sites for hydroxylation is 2. The molecule has 3 aromatic rings. The van der Waals surface area contributed by atoms with Crippen LogP contribution in [0.1, 0.15) is 31.0 Å². The molecule has 0 saturated carbocycles. The first-order valence-corrected chi connectivity index (χ1v) is 10.1. The molecule has 0 aliphatic rings. The fraction of sp³-hybridized carbons (Fsp3) is 0.389. The van der Waals surface area contributed by atoms with E-state index < -0.39 is 6.03 Å². The molecule has 0 radical (unpaired) electrons. The third-order valence-electron chi connectivity index (χ3n) is 4.25. The molecule has 0 aliphatic heterocycles. The summed E-state index contributed by atoms with van der Waals surface area (Å²) in [6.45, 7) is 6.20. The largest absolute Gasteiger partial charge is 0.394 e. The topological polar surface area (TPSA) is 95.3 Å². The van der Waals surface area contributed by atoms with Gasteiger partial charge in [0.25, 0.3) is 0 Å². The van der Waals surface area contributed by atoms with E-state index in [9.17, 15) is 9.90 Å². The molecule has 150 valence electrons. The maximum atomic E-state index is 12.4. The minimum absolute atomic E-state index is 0.147. The van der Waals surface area contributed by atoms with Crippen molar-refractivity contribution < 1.29 is 9.90 Å². The van der Waals surface area contributed by atoms with Crippen LogP contribution in [0.4, 0.5) is 15.6 Å². The molecular weight excluding hydrogens is 400 g/mol. The molecule has 0 bridgehead atoms. The molecule has 3 heterocycles. The van der Waals surface area contributed by atoms with E-state index in [0.717, 1.165) is 22.3 Å². The molecular formula is C18H23ClN6O2S. The van der Waals surface area contributed by atoms with Crippen LogP contribution < -0.4 is 15.8 Å². The van der Waals surface area contributed by atoms with Gasteiger partial charge in [-0.15, -0.1) is 11.3 Å². The summed E-state index contributed by atoms with van der Waals surface area (Å²) in [4.78, 5) is 17.1. The smallest absolute Gasteiger partial charge is 0.338 e. The molecule has 3 aromatic heterocycles. The van der Waals surface area contributed by atoms with Gasteiger partial charge in [-0.05, 0) is 30.5 Å². The van der Waals surface area contributed by atoms with E-state index in [2.05, 4.69) is 34.7 Å². The molecule has 0 aromatic carbocycles. The Labute approximate surface area is 172 Å². The Morgan fingerprint density at radius 1 is 1.43 bits per heavy atom. The maximum absolute atomic E-state index is 12.4. The molecule has 0 aliphatic carbocycles. The first-order valence-electron chi connectivity index (χ1n) is 8.84. The summed E-state index contributed by atoms with van der Waals surface area (Å²) in [7, 11) is 1.84. The number of nitrogens with one attached hydrogen (secondary N) is 2. The number of carbonyl (C=O) groups is 1. The van der Waals surface area contributed by atoms with Gasteiger partial charge in [0, 0.05) is 17.8 Å². The minimum Gasteiger partial charge on any atom is -0.394 e. The van der Waals surface area contributed by atoms with E-state index in [1.807, 2.05) is 20.0 Å². The highest BCUT2D eigenvalue weighted by molar-refractivity contribution is 7.14. The van der Waals surface area contributed by atoms with Gasteiger partial charge < -0.3 is 5.11 Å². The first kappa shape index (κ1) is 20.4. The van der Waals surface area contributed by atoms with Crippen LogP contribution in [0.25, 0.3) is 11.0 Å². The van der Waals surface area contributed by atoms with Gasteiger partial charge in [-0.1, -0.05) is 25.4 Å². The molecule has 0 unspecified atom stereocenters. The van der Waals surface area contributed by atoms with Crippen molar-refractivity contribution in [3.05, 3.63) is 33.8 Å². The number of aliphatic hydroxyl groups is 1. The lowest BCUT2D eigenvalue weighted by atomic mass is 10.00. The Morgan fingerprint density at radius 3 is 2.79 bits per heavy atom. The van der Waals surface area contributed by atoms with Crippen LogP contribution in [0.15, 0.2) is 17.5 Å². The predicted molar refractivity (Wildman–Crippen MR) is 113 cm³/mol. The monoisotopic (exact) mass is 422 g/mol. The molecule has 0 atom stereocenters. The van der Waals surface area contributed by atoms with E-state index in [1.54, 1.807) is 16.1 Å². The van der Waals surface area contributed by atoms with Crippen LogP contribution in [0.2, 0.25) is 5.02 Å². The highest BCUT2D eigenvalue weighted by Crippen LogP contribution is 2.30. The average Bonchev–Trinajstić information content (AvgIpc) is 3.16. The Morgan fingerprint density at radius 2 is 2.18 bits per heavy atom. The van der Waals surface area contributed by atoms with Gasteiger partial charge >= 0.3 is 6.03 Å². The minimum atomic E-state index is -0.443. The standard InChI is InChI=1S/C18H23ClN6O2S/c1-10(2)13-8-14(20-17-16(13)11(3)22-24(17)4)25(5-6-26)23-18(27)21-15-7-12(19)9-28-15/h7-10,26H,5-6H2,1-4H3,(H2,21,23,27). The lowest BCUT2D eigenvalue weighted by Crippen LogP contribution is -2.46. The number of rotatable bonds is 6. The molecule has 0 spiro atoms. The van der Waals surface area contributed by atoms with Crippen molar-refractivity contribution in [2.75, 3.05) is 23.5 Å². The molecule has 10 heteroatoms. The number of anilines is 2. The van der Waals surface area contributed by atoms with Gasteiger partial charge in [0.05, 0.1) is 28.9 Å². The first-order chi connectivity index (χ1) is 13.3. The third kappa shape index (κ3) is 4.21. The van der Waals surface area contributed by atoms with Crippen molar-refractivity contribution >= 4 is 50.8 Å². The molecule has 0 fully saturated rings. The second-order valence-corrected chi connectivity index (χ2v) is 8.05. The van der Waals surface area contributed by atoms with Crippen LogP contribution in [-0.4, -0.2) is 39.1 Å². The van der Waals surface area contributed by atoms with Crippen molar-refractivity contribution in [1.82, 2.24) is 20.2 Å². The summed E-state index contributed by atoms with van der Waals surface area (Å²) in [5, 5.41) is 22.1. The van der Waals surface area contributed by atoms with Crippen molar-refractivity contribution in [1.29, 1.82) is 0 Å². The molecule has 3 rings (SSSR count). The van der Waals surface area contributed by atoms with Gasteiger partial charge in [0.15, 0.2) is 5.65 Å². The van der Waals surface area contributed by atoms with E-state index in [1.165, 1.54) is 16.3 Å². The van der Waals surface area contributed by atoms with Crippen LogP contribution >= 0.6 is 22.9 Å². The summed E-state index contributed by atoms with van der Waals surface area (Å²) in [6, 6.07) is 3.16. The van der Waals surface area contributed by atoms with Crippen LogP contribution in [0.3, 0.4) is 0 Å².